The van der Waals surface area contributed by atoms with Crippen molar-refractivity contribution in [2.45, 2.75) is 19.5 Å². The second kappa shape index (κ2) is 8.09. The first-order chi connectivity index (χ1) is 11.6. The molecule has 2 atom stereocenters. The predicted molar refractivity (Wildman–Crippen MR) is 89.4 cm³/mol. The van der Waals surface area contributed by atoms with Crippen LogP contribution in [-0.2, 0) is 27.4 Å². The number of aromatic nitrogens is 2. The molecule has 7 heteroatoms. The van der Waals surface area contributed by atoms with Crippen LogP contribution in [0.1, 0.15) is 12.1 Å². The molecule has 3 rings (SSSR count). The fraction of sp³-hybridized carbons (Fsp3) is 0.765. The lowest BCUT2D eigenvalue weighted by Crippen LogP contribution is -2.35. The molecule has 2 aliphatic rings. The van der Waals surface area contributed by atoms with Gasteiger partial charge in [-0.3, -0.25) is 14.4 Å². The van der Waals surface area contributed by atoms with Gasteiger partial charge in [0.1, 0.15) is 6.61 Å². The molecule has 1 fully saturated rings. The van der Waals surface area contributed by atoms with Crippen molar-refractivity contribution in [1.29, 1.82) is 0 Å². The maximum Gasteiger partial charge on any atom is 0.248 e. The Morgan fingerprint density at radius 3 is 3.04 bits per heavy atom. The molecular formula is C17H28N4O3. The van der Waals surface area contributed by atoms with E-state index in [0.29, 0.717) is 18.4 Å². The summed E-state index contributed by atoms with van der Waals surface area (Å²) in [5.74, 6) is 0.961. The third-order valence-corrected chi connectivity index (χ3v) is 4.76. The molecule has 1 aromatic rings. The van der Waals surface area contributed by atoms with E-state index in [1.807, 2.05) is 6.20 Å². The Labute approximate surface area is 143 Å². The zero-order valence-corrected chi connectivity index (χ0v) is 14.7. The Kier molecular flexibility index (Phi) is 5.86. The van der Waals surface area contributed by atoms with Gasteiger partial charge < -0.3 is 14.4 Å². The Hall–Kier alpha value is -1.44. The summed E-state index contributed by atoms with van der Waals surface area (Å²) in [6.45, 7) is 6.26. The predicted octanol–water partition coefficient (Wildman–Crippen LogP) is 0.456. The molecule has 0 radical (unpaired) electrons. The van der Waals surface area contributed by atoms with E-state index in [2.05, 4.69) is 20.7 Å². The average molecular weight is 336 g/mol. The zero-order chi connectivity index (χ0) is 16.9. The molecule has 134 valence electrons. The van der Waals surface area contributed by atoms with E-state index in [1.165, 1.54) is 5.69 Å². The highest BCUT2D eigenvalue weighted by molar-refractivity contribution is 5.76. The number of carbonyl (C=O) groups excluding carboxylic acids is 1. The van der Waals surface area contributed by atoms with Crippen LogP contribution in [-0.4, -0.2) is 79.1 Å². The Balaban J connectivity index is 1.57. The first-order valence-electron chi connectivity index (χ1n) is 8.70. The van der Waals surface area contributed by atoms with E-state index in [9.17, 15) is 4.79 Å². The van der Waals surface area contributed by atoms with Crippen LogP contribution in [0, 0.1) is 11.8 Å². The molecule has 2 aliphatic heterocycles. The monoisotopic (exact) mass is 336 g/mol. The van der Waals surface area contributed by atoms with Crippen molar-refractivity contribution in [2.75, 3.05) is 53.6 Å². The van der Waals surface area contributed by atoms with Crippen molar-refractivity contribution >= 4 is 5.91 Å². The van der Waals surface area contributed by atoms with Crippen molar-refractivity contribution in [3.63, 3.8) is 0 Å². The molecule has 1 amide bonds. The molecule has 0 spiro atoms. The van der Waals surface area contributed by atoms with Gasteiger partial charge in [-0.15, -0.1) is 0 Å². The van der Waals surface area contributed by atoms with Crippen LogP contribution in [0.5, 0.6) is 0 Å². The van der Waals surface area contributed by atoms with E-state index in [0.717, 1.165) is 45.8 Å². The summed E-state index contributed by atoms with van der Waals surface area (Å²) in [6, 6.07) is 2.09. The minimum absolute atomic E-state index is 0.00311. The van der Waals surface area contributed by atoms with Crippen molar-refractivity contribution in [3.05, 3.63) is 18.0 Å². The lowest BCUT2D eigenvalue weighted by Gasteiger charge is -2.26. The van der Waals surface area contributed by atoms with Gasteiger partial charge in [0.15, 0.2) is 0 Å². The van der Waals surface area contributed by atoms with Crippen LogP contribution >= 0.6 is 0 Å². The number of hydrogen-bond acceptors (Lipinski definition) is 5. The van der Waals surface area contributed by atoms with Gasteiger partial charge in [0.05, 0.1) is 18.9 Å². The van der Waals surface area contributed by atoms with E-state index in [1.54, 1.807) is 19.0 Å². The first kappa shape index (κ1) is 17.4. The van der Waals surface area contributed by atoms with Gasteiger partial charge in [-0.05, 0) is 18.4 Å². The van der Waals surface area contributed by atoms with Gasteiger partial charge in [-0.1, -0.05) is 0 Å². The SMILES string of the molecule is CN(C)C(=O)COCC1CN(CC2CCOC2)Cc2ccnn2C1. The summed E-state index contributed by atoms with van der Waals surface area (Å²) in [6.07, 6.45) is 3.01. The van der Waals surface area contributed by atoms with Gasteiger partial charge in [0.2, 0.25) is 5.91 Å². The third kappa shape index (κ3) is 4.55. The zero-order valence-electron chi connectivity index (χ0n) is 14.7. The first-order valence-corrected chi connectivity index (χ1v) is 8.70. The smallest absolute Gasteiger partial charge is 0.248 e. The molecule has 2 unspecified atom stereocenters. The average Bonchev–Trinajstić information content (AvgIpc) is 3.16. The molecule has 0 bridgehead atoms. The molecule has 3 heterocycles. The number of carbonyl (C=O) groups is 1. The fourth-order valence-corrected chi connectivity index (χ4v) is 3.40. The summed E-state index contributed by atoms with van der Waals surface area (Å²) in [5.41, 5.74) is 1.25. The summed E-state index contributed by atoms with van der Waals surface area (Å²) >= 11 is 0. The van der Waals surface area contributed by atoms with Crippen molar-refractivity contribution in [2.24, 2.45) is 11.8 Å². The van der Waals surface area contributed by atoms with E-state index in [4.69, 9.17) is 9.47 Å². The van der Waals surface area contributed by atoms with Gasteiger partial charge in [-0.2, -0.15) is 5.10 Å². The topological polar surface area (TPSA) is 59.8 Å². The van der Waals surface area contributed by atoms with E-state index >= 15 is 0 Å². The largest absolute Gasteiger partial charge is 0.381 e. The maximum absolute atomic E-state index is 11.7. The van der Waals surface area contributed by atoms with Gasteiger partial charge in [0, 0.05) is 59.0 Å². The summed E-state index contributed by atoms with van der Waals surface area (Å²) < 4.78 is 13.3. The molecule has 0 aliphatic carbocycles. The number of rotatable bonds is 6. The number of ether oxygens (including phenoxy) is 2. The molecular weight excluding hydrogens is 308 g/mol. The molecule has 24 heavy (non-hydrogen) atoms. The molecule has 1 saturated heterocycles. The lowest BCUT2D eigenvalue weighted by molar-refractivity contribution is -0.134. The molecule has 7 nitrogen and oxygen atoms in total. The minimum atomic E-state index is 0.00311. The highest BCUT2D eigenvalue weighted by Crippen LogP contribution is 2.20. The summed E-state index contributed by atoms with van der Waals surface area (Å²) in [4.78, 5) is 15.7. The van der Waals surface area contributed by atoms with Crippen LogP contribution in [0.15, 0.2) is 12.3 Å². The van der Waals surface area contributed by atoms with Crippen LogP contribution in [0.2, 0.25) is 0 Å². The standard InChI is InChI=1S/C17H28N4O3/c1-19(2)17(22)13-24-12-15-8-20(7-14-4-6-23-11-14)10-16-3-5-18-21(16)9-15/h3,5,14-15H,4,6-13H2,1-2H3. The normalized spacial score (nSPS) is 24.6. The number of fused-ring (bicyclic) bond motifs is 1. The third-order valence-electron chi connectivity index (χ3n) is 4.76. The number of amides is 1. The number of likely N-dealkylation sites (N-methyl/N-ethyl adjacent to an activating group) is 1. The fourth-order valence-electron chi connectivity index (χ4n) is 3.40. The van der Waals surface area contributed by atoms with E-state index in [-0.39, 0.29) is 12.5 Å². The number of hydrogen-bond donors (Lipinski definition) is 0. The minimum Gasteiger partial charge on any atom is -0.381 e. The molecule has 0 N–H and O–H groups in total. The Morgan fingerprint density at radius 2 is 2.29 bits per heavy atom. The maximum atomic E-state index is 11.7. The highest BCUT2D eigenvalue weighted by atomic mass is 16.5. The van der Waals surface area contributed by atoms with Gasteiger partial charge in [0.25, 0.3) is 0 Å². The van der Waals surface area contributed by atoms with Crippen molar-refractivity contribution in [1.82, 2.24) is 19.6 Å². The second-order valence-electron chi connectivity index (χ2n) is 7.10. The highest BCUT2D eigenvalue weighted by Gasteiger charge is 2.26. The molecule has 0 saturated carbocycles. The van der Waals surface area contributed by atoms with Crippen LogP contribution < -0.4 is 0 Å². The Morgan fingerprint density at radius 1 is 1.42 bits per heavy atom. The summed E-state index contributed by atoms with van der Waals surface area (Å²) in [5, 5.41) is 4.44. The van der Waals surface area contributed by atoms with Gasteiger partial charge in [-0.25, -0.2) is 0 Å². The summed E-state index contributed by atoms with van der Waals surface area (Å²) in [7, 11) is 3.50. The quantitative estimate of drug-likeness (QED) is 0.755. The molecule has 0 aromatic carbocycles. The van der Waals surface area contributed by atoms with Crippen molar-refractivity contribution in [3.8, 4) is 0 Å². The number of nitrogens with zero attached hydrogens (tertiary/aromatic N) is 4. The second-order valence-corrected chi connectivity index (χ2v) is 7.10. The molecule has 1 aromatic heterocycles. The van der Waals surface area contributed by atoms with E-state index < -0.39 is 0 Å². The lowest BCUT2D eigenvalue weighted by atomic mass is 10.1. The van der Waals surface area contributed by atoms with Crippen LogP contribution in [0.4, 0.5) is 0 Å². The Bertz CT molecular complexity index is 540. The van der Waals surface area contributed by atoms with Gasteiger partial charge >= 0.3 is 0 Å². The van der Waals surface area contributed by atoms with Crippen LogP contribution in [0.25, 0.3) is 0 Å². The van der Waals surface area contributed by atoms with Crippen molar-refractivity contribution < 1.29 is 14.3 Å². The van der Waals surface area contributed by atoms with Crippen LogP contribution in [0.3, 0.4) is 0 Å².